The standard InChI is InChI=1S/C25H31N5O3S/c1-5-19-11-13-20(14-12-19)33-18(4)24(32)26-15-22-28-29-25(30(22)6-2)34-16-23(31)27-21-10-8-7-9-17(21)3/h7-14,18H,5-6,15-16H2,1-4H3,(H,26,32)(H,27,31)/t18-/m0/s1. The smallest absolute Gasteiger partial charge is 0.261 e. The second-order valence-electron chi connectivity index (χ2n) is 7.77. The maximum atomic E-state index is 12.5. The van der Waals surface area contributed by atoms with E-state index in [1.54, 1.807) is 6.92 Å². The van der Waals surface area contributed by atoms with Crippen LogP contribution in [0.2, 0.25) is 0 Å². The lowest BCUT2D eigenvalue weighted by Gasteiger charge is -2.15. The summed E-state index contributed by atoms with van der Waals surface area (Å²) in [6.07, 6.45) is 0.302. The largest absolute Gasteiger partial charge is 0.481 e. The van der Waals surface area contributed by atoms with Crippen molar-refractivity contribution < 1.29 is 14.3 Å². The van der Waals surface area contributed by atoms with Crippen molar-refractivity contribution in [3.63, 3.8) is 0 Å². The molecule has 0 fully saturated rings. The molecule has 1 heterocycles. The normalized spacial score (nSPS) is 11.6. The van der Waals surface area contributed by atoms with Gasteiger partial charge in [0.2, 0.25) is 5.91 Å². The molecule has 180 valence electrons. The first kappa shape index (κ1) is 25.3. The second-order valence-corrected chi connectivity index (χ2v) is 8.71. The zero-order valence-electron chi connectivity index (χ0n) is 20.0. The number of thioether (sulfide) groups is 1. The topological polar surface area (TPSA) is 98.1 Å². The molecule has 0 aliphatic rings. The van der Waals surface area contributed by atoms with Crippen LogP contribution in [-0.4, -0.2) is 38.4 Å². The highest BCUT2D eigenvalue weighted by Gasteiger charge is 2.18. The summed E-state index contributed by atoms with van der Waals surface area (Å²) in [5.41, 5.74) is 3.02. The fourth-order valence-corrected chi connectivity index (χ4v) is 4.10. The molecule has 2 N–H and O–H groups in total. The van der Waals surface area contributed by atoms with E-state index in [0.29, 0.717) is 23.3 Å². The zero-order chi connectivity index (χ0) is 24.5. The Bertz CT molecular complexity index is 1110. The van der Waals surface area contributed by atoms with Crippen molar-refractivity contribution in [2.75, 3.05) is 11.1 Å². The summed E-state index contributed by atoms with van der Waals surface area (Å²) in [5, 5.41) is 14.8. The zero-order valence-corrected chi connectivity index (χ0v) is 20.8. The number of carbonyl (C=O) groups excluding carboxylic acids is 2. The number of benzene rings is 2. The minimum absolute atomic E-state index is 0.113. The van der Waals surface area contributed by atoms with Crippen molar-refractivity contribution in [3.05, 3.63) is 65.5 Å². The molecule has 0 aliphatic heterocycles. The average Bonchev–Trinajstić information content (AvgIpc) is 3.24. The SMILES string of the molecule is CCc1ccc(O[C@@H](C)C(=O)NCc2nnc(SCC(=O)Nc3ccccc3C)n2CC)cc1. The highest BCUT2D eigenvalue weighted by atomic mass is 32.2. The number of hydrogen-bond donors (Lipinski definition) is 2. The van der Waals surface area contributed by atoms with Crippen LogP contribution in [0.15, 0.2) is 53.7 Å². The summed E-state index contributed by atoms with van der Waals surface area (Å²) < 4.78 is 7.63. The molecule has 1 atom stereocenters. The van der Waals surface area contributed by atoms with Crippen molar-refractivity contribution in [2.45, 2.75) is 58.5 Å². The Morgan fingerprint density at radius 1 is 1.09 bits per heavy atom. The third-order valence-electron chi connectivity index (χ3n) is 5.30. The number of rotatable bonds is 11. The highest BCUT2D eigenvalue weighted by Crippen LogP contribution is 2.19. The first-order valence-electron chi connectivity index (χ1n) is 11.3. The predicted octanol–water partition coefficient (Wildman–Crippen LogP) is 3.98. The van der Waals surface area contributed by atoms with Gasteiger partial charge in [-0.05, 0) is 56.5 Å². The highest BCUT2D eigenvalue weighted by molar-refractivity contribution is 7.99. The molecule has 2 amide bonds. The van der Waals surface area contributed by atoms with E-state index in [2.05, 4.69) is 27.8 Å². The number of nitrogens with zero attached hydrogens (tertiary/aromatic N) is 3. The van der Waals surface area contributed by atoms with Gasteiger partial charge in [-0.2, -0.15) is 0 Å². The fraction of sp³-hybridized carbons (Fsp3) is 0.360. The van der Waals surface area contributed by atoms with Crippen molar-refractivity contribution in [1.29, 1.82) is 0 Å². The van der Waals surface area contributed by atoms with E-state index in [0.717, 1.165) is 17.7 Å². The lowest BCUT2D eigenvalue weighted by atomic mass is 10.2. The van der Waals surface area contributed by atoms with Crippen LogP contribution in [-0.2, 0) is 29.1 Å². The van der Waals surface area contributed by atoms with Gasteiger partial charge in [0.25, 0.3) is 5.91 Å². The number of nitrogens with one attached hydrogen (secondary N) is 2. The molecule has 3 rings (SSSR count). The molecule has 34 heavy (non-hydrogen) atoms. The van der Waals surface area contributed by atoms with Crippen molar-refractivity contribution in [1.82, 2.24) is 20.1 Å². The third kappa shape index (κ3) is 6.84. The number of amides is 2. The average molecular weight is 482 g/mol. The first-order chi connectivity index (χ1) is 16.4. The van der Waals surface area contributed by atoms with Gasteiger partial charge in [0.05, 0.1) is 12.3 Å². The lowest BCUT2D eigenvalue weighted by molar-refractivity contribution is -0.127. The van der Waals surface area contributed by atoms with Gasteiger partial charge in [0, 0.05) is 12.2 Å². The third-order valence-corrected chi connectivity index (χ3v) is 6.26. The van der Waals surface area contributed by atoms with E-state index in [4.69, 9.17) is 4.74 Å². The molecule has 0 radical (unpaired) electrons. The Hall–Kier alpha value is -3.33. The second kappa shape index (κ2) is 12.2. The van der Waals surface area contributed by atoms with Crippen LogP contribution >= 0.6 is 11.8 Å². The predicted molar refractivity (Wildman–Crippen MR) is 134 cm³/mol. The molecule has 0 spiro atoms. The van der Waals surface area contributed by atoms with Crippen LogP contribution in [0.1, 0.15) is 37.7 Å². The summed E-state index contributed by atoms with van der Waals surface area (Å²) in [7, 11) is 0. The fourth-order valence-electron chi connectivity index (χ4n) is 3.28. The molecule has 3 aromatic rings. The Morgan fingerprint density at radius 3 is 2.50 bits per heavy atom. The molecule has 8 nitrogen and oxygen atoms in total. The van der Waals surface area contributed by atoms with Gasteiger partial charge in [0.15, 0.2) is 17.1 Å². The summed E-state index contributed by atoms with van der Waals surface area (Å²) in [6.45, 7) is 8.56. The molecular weight excluding hydrogens is 450 g/mol. The van der Waals surface area contributed by atoms with Gasteiger partial charge in [0.1, 0.15) is 5.75 Å². The number of anilines is 1. The van der Waals surface area contributed by atoms with Crippen molar-refractivity contribution >= 4 is 29.3 Å². The van der Waals surface area contributed by atoms with Crippen LogP contribution in [0.4, 0.5) is 5.69 Å². The van der Waals surface area contributed by atoms with E-state index in [9.17, 15) is 9.59 Å². The van der Waals surface area contributed by atoms with Crippen molar-refractivity contribution in [2.24, 2.45) is 0 Å². The quantitative estimate of drug-likeness (QED) is 0.402. The van der Waals surface area contributed by atoms with Gasteiger partial charge in [-0.3, -0.25) is 9.59 Å². The summed E-state index contributed by atoms with van der Waals surface area (Å²) in [5.74, 6) is 1.13. The van der Waals surface area contributed by atoms with Gasteiger partial charge in [-0.25, -0.2) is 0 Å². The van der Waals surface area contributed by atoms with Gasteiger partial charge < -0.3 is 19.9 Å². The van der Waals surface area contributed by atoms with Crippen LogP contribution in [0.5, 0.6) is 5.75 Å². The number of hydrogen-bond acceptors (Lipinski definition) is 6. The van der Waals surface area contributed by atoms with E-state index >= 15 is 0 Å². The minimum atomic E-state index is -0.649. The molecule has 0 saturated carbocycles. The van der Waals surface area contributed by atoms with E-state index in [1.807, 2.05) is 66.9 Å². The van der Waals surface area contributed by atoms with Crippen LogP contribution in [0.3, 0.4) is 0 Å². The van der Waals surface area contributed by atoms with Gasteiger partial charge >= 0.3 is 0 Å². The molecule has 9 heteroatoms. The Labute approximate surface area is 204 Å². The van der Waals surface area contributed by atoms with Crippen LogP contribution in [0.25, 0.3) is 0 Å². The number of aryl methyl sites for hydroxylation is 2. The maximum absolute atomic E-state index is 12.5. The molecule has 2 aromatic carbocycles. The minimum Gasteiger partial charge on any atom is -0.481 e. The van der Waals surface area contributed by atoms with Crippen LogP contribution in [0, 0.1) is 6.92 Å². The maximum Gasteiger partial charge on any atom is 0.261 e. The number of ether oxygens (including phenoxy) is 1. The Morgan fingerprint density at radius 2 is 1.82 bits per heavy atom. The summed E-state index contributed by atoms with van der Waals surface area (Å²) in [6, 6.07) is 15.4. The number of aromatic nitrogens is 3. The lowest BCUT2D eigenvalue weighted by Crippen LogP contribution is -2.36. The molecule has 0 aliphatic carbocycles. The van der Waals surface area contributed by atoms with Crippen molar-refractivity contribution in [3.8, 4) is 5.75 Å². The first-order valence-corrected chi connectivity index (χ1v) is 12.3. The number of para-hydroxylation sites is 1. The van der Waals surface area contributed by atoms with Gasteiger partial charge in [-0.15, -0.1) is 10.2 Å². The molecule has 1 aromatic heterocycles. The number of carbonyl (C=O) groups is 2. The molecular formula is C25H31N5O3S. The monoisotopic (exact) mass is 481 g/mol. The van der Waals surface area contributed by atoms with E-state index in [-0.39, 0.29) is 24.1 Å². The molecule has 0 bridgehead atoms. The van der Waals surface area contributed by atoms with E-state index in [1.165, 1.54) is 17.3 Å². The van der Waals surface area contributed by atoms with Gasteiger partial charge in [-0.1, -0.05) is 49.0 Å². The molecule has 0 unspecified atom stereocenters. The Kier molecular flexibility index (Phi) is 9.09. The summed E-state index contributed by atoms with van der Waals surface area (Å²) >= 11 is 1.31. The van der Waals surface area contributed by atoms with Crippen LogP contribution < -0.4 is 15.4 Å². The summed E-state index contributed by atoms with van der Waals surface area (Å²) in [4.78, 5) is 24.9. The molecule has 0 saturated heterocycles. The van der Waals surface area contributed by atoms with E-state index < -0.39 is 6.10 Å². The Balaban J connectivity index is 1.51.